The van der Waals surface area contributed by atoms with Crippen LogP contribution in [0.4, 0.5) is 0 Å². The van der Waals surface area contributed by atoms with Gasteiger partial charge in [0.15, 0.2) is 0 Å². The van der Waals surface area contributed by atoms with Crippen molar-refractivity contribution in [2.24, 2.45) is 0 Å². The van der Waals surface area contributed by atoms with Gasteiger partial charge in [0.1, 0.15) is 12.4 Å². The molecule has 0 atom stereocenters. The Bertz CT molecular complexity index is 394. The minimum atomic E-state index is -0.101. The van der Waals surface area contributed by atoms with Gasteiger partial charge in [0.05, 0.1) is 12.2 Å². The Labute approximate surface area is 116 Å². The molecule has 0 amide bonds. The minimum Gasteiger partial charge on any atom is -0.491 e. The molecule has 1 aliphatic rings. The van der Waals surface area contributed by atoms with E-state index < -0.39 is 0 Å². The third-order valence-corrected chi connectivity index (χ3v) is 3.01. The molecule has 0 spiro atoms. The van der Waals surface area contributed by atoms with Gasteiger partial charge in [-0.2, -0.15) is 0 Å². The third kappa shape index (κ3) is 5.62. The normalized spacial score (nSPS) is 15.5. The van der Waals surface area contributed by atoms with E-state index in [-0.39, 0.29) is 5.60 Å². The summed E-state index contributed by atoms with van der Waals surface area (Å²) in [4.78, 5) is 0. The van der Waals surface area contributed by atoms with Crippen LogP contribution in [0.3, 0.4) is 0 Å². The molecule has 0 radical (unpaired) electrons. The second-order valence-electron chi connectivity index (χ2n) is 6.07. The van der Waals surface area contributed by atoms with Gasteiger partial charge < -0.3 is 14.8 Å². The van der Waals surface area contributed by atoms with Crippen molar-refractivity contribution in [3.05, 3.63) is 29.8 Å². The molecular formula is C16H25NO2. The fraction of sp³-hybridized carbons (Fsp3) is 0.625. The molecule has 0 aromatic heterocycles. The molecule has 19 heavy (non-hydrogen) atoms. The number of hydrogen-bond donors (Lipinski definition) is 1. The van der Waals surface area contributed by atoms with Gasteiger partial charge in [-0.15, -0.1) is 0 Å². The summed E-state index contributed by atoms with van der Waals surface area (Å²) in [6, 6.07) is 8.94. The highest BCUT2D eigenvalue weighted by Crippen LogP contribution is 2.22. The molecule has 106 valence electrons. The third-order valence-electron chi connectivity index (χ3n) is 3.01. The molecule has 1 aromatic carbocycles. The highest BCUT2D eigenvalue weighted by atomic mass is 16.5. The predicted octanol–water partition coefficient (Wildman–Crippen LogP) is 3.13. The zero-order valence-corrected chi connectivity index (χ0v) is 12.2. The van der Waals surface area contributed by atoms with E-state index in [1.807, 2.05) is 12.1 Å². The highest BCUT2D eigenvalue weighted by Gasteiger charge is 2.20. The quantitative estimate of drug-likeness (QED) is 0.767. The van der Waals surface area contributed by atoms with E-state index >= 15 is 0 Å². The first kappa shape index (κ1) is 14.4. The number of ether oxygens (including phenoxy) is 2. The maximum absolute atomic E-state index is 5.82. The Kier molecular flexibility index (Phi) is 4.83. The van der Waals surface area contributed by atoms with Crippen LogP contribution in [-0.2, 0) is 11.3 Å². The first-order valence-electron chi connectivity index (χ1n) is 7.13. The molecule has 0 aliphatic heterocycles. The summed E-state index contributed by atoms with van der Waals surface area (Å²) in [7, 11) is 0. The minimum absolute atomic E-state index is 0.101. The summed E-state index contributed by atoms with van der Waals surface area (Å²) >= 11 is 0. The van der Waals surface area contributed by atoms with Gasteiger partial charge in [-0.05, 0) is 39.7 Å². The topological polar surface area (TPSA) is 30.5 Å². The largest absolute Gasteiger partial charge is 0.491 e. The molecule has 2 rings (SSSR count). The van der Waals surface area contributed by atoms with Crippen LogP contribution in [-0.4, -0.2) is 24.9 Å². The average molecular weight is 263 g/mol. The van der Waals surface area contributed by atoms with E-state index in [9.17, 15) is 0 Å². The molecule has 0 bridgehead atoms. The van der Waals surface area contributed by atoms with E-state index in [0.29, 0.717) is 13.2 Å². The molecular weight excluding hydrogens is 238 g/mol. The summed E-state index contributed by atoms with van der Waals surface area (Å²) in [6.07, 6.45) is 2.62. The lowest BCUT2D eigenvalue weighted by molar-refractivity contribution is -0.0164. The van der Waals surface area contributed by atoms with Crippen molar-refractivity contribution in [1.82, 2.24) is 5.32 Å². The second-order valence-corrected chi connectivity index (χ2v) is 6.07. The monoisotopic (exact) mass is 263 g/mol. The molecule has 1 fully saturated rings. The van der Waals surface area contributed by atoms with Gasteiger partial charge >= 0.3 is 0 Å². The van der Waals surface area contributed by atoms with Gasteiger partial charge in [0.2, 0.25) is 0 Å². The van der Waals surface area contributed by atoms with Crippen LogP contribution < -0.4 is 10.1 Å². The molecule has 0 unspecified atom stereocenters. The molecule has 3 nitrogen and oxygen atoms in total. The number of nitrogens with one attached hydrogen (secondary N) is 1. The van der Waals surface area contributed by atoms with Crippen LogP contribution in [0.1, 0.15) is 39.2 Å². The van der Waals surface area contributed by atoms with Crippen molar-refractivity contribution in [1.29, 1.82) is 0 Å². The highest BCUT2D eigenvalue weighted by molar-refractivity contribution is 5.33. The number of rotatable bonds is 7. The summed E-state index contributed by atoms with van der Waals surface area (Å²) < 4.78 is 11.5. The second kappa shape index (κ2) is 6.40. The van der Waals surface area contributed by atoms with Crippen molar-refractivity contribution < 1.29 is 9.47 Å². The number of para-hydroxylation sites is 1. The maximum atomic E-state index is 5.82. The smallest absolute Gasteiger partial charge is 0.123 e. The standard InChI is InChI=1S/C16H25NO2/c1-16(2,3)19-11-10-18-15-7-5-4-6-13(15)12-17-14-8-9-14/h4-7,14,17H,8-12H2,1-3H3. The zero-order chi connectivity index (χ0) is 13.7. The van der Waals surface area contributed by atoms with E-state index in [0.717, 1.165) is 18.3 Å². The Hall–Kier alpha value is -1.06. The molecule has 3 heteroatoms. The SMILES string of the molecule is CC(C)(C)OCCOc1ccccc1CNC1CC1. The van der Waals surface area contributed by atoms with E-state index in [1.165, 1.54) is 18.4 Å². The summed E-state index contributed by atoms with van der Waals surface area (Å²) in [5, 5.41) is 3.52. The zero-order valence-electron chi connectivity index (χ0n) is 12.2. The molecule has 1 saturated carbocycles. The van der Waals surface area contributed by atoms with Crippen LogP contribution in [0.5, 0.6) is 5.75 Å². The van der Waals surface area contributed by atoms with E-state index in [1.54, 1.807) is 0 Å². The van der Waals surface area contributed by atoms with E-state index in [4.69, 9.17) is 9.47 Å². The average Bonchev–Trinajstić information content (AvgIpc) is 3.16. The van der Waals surface area contributed by atoms with Gasteiger partial charge in [0.25, 0.3) is 0 Å². The van der Waals surface area contributed by atoms with E-state index in [2.05, 4.69) is 38.2 Å². The Balaban J connectivity index is 1.77. The fourth-order valence-electron chi connectivity index (χ4n) is 1.83. The summed E-state index contributed by atoms with van der Waals surface area (Å²) in [6.45, 7) is 8.27. The molecule has 1 N–H and O–H groups in total. The van der Waals surface area contributed by atoms with Crippen LogP contribution in [0.2, 0.25) is 0 Å². The van der Waals surface area contributed by atoms with Crippen LogP contribution in [0.15, 0.2) is 24.3 Å². The number of benzene rings is 1. The molecule has 0 heterocycles. The van der Waals surface area contributed by atoms with Crippen LogP contribution in [0.25, 0.3) is 0 Å². The van der Waals surface area contributed by atoms with Crippen molar-refractivity contribution in [2.75, 3.05) is 13.2 Å². The number of hydrogen-bond acceptors (Lipinski definition) is 3. The maximum Gasteiger partial charge on any atom is 0.123 e. The first-order chi connectivity index (χ1) is 9.04. The van der Waals surface area contributed by atoms with Gasteiger partial charge in [0, 0.05) is 18.2 Å². The van der Waals surface area contributed by atoms with Crippen molar-refractivity contribution in [3.8, 4) is 5.75 Å². The first-order valence-corrected chi connectivity index (χ1v) is 7.13. The van der Waals surface area contributed by atoms with Crippen molar-refractivity contribution in [2.45, 2.75) is 51.8 Å². The van der Waals surface area contributed by atoms with Gasteiger partial charge in [-0.25, -0.2) is 0 Å². The lowest BCUT2D eigenvalue weighted by Crippen LogP contribution is -2.23. The van der Waals surface area contributed by atoms with Crippen LogP contribution >= 0.6 is 0 Å². The molecule has 1 aliphatic carbocycles. The Morgan fingerprint density at radius 1 is 1.16 bits per heavy atom. The molecule has 1 aromatic rings. The molecule has 0 saturated heterocycles. The Morgan fingerprint density at radius 2 is 1.89 bits per heavy atom. The summed E-state index contributed by atoms with van der Waals surface area (Å²) in [5.74, 6) is 0.966. The van der Waals surface area contributed by atoms with Crippen molar-refractivity contribution >= 4 is 0 Å². The lowest BCUT2D eigenvalue weighted by atomic mass is 10.2. The Morgan fingerprint density at radius 3 is 2.58 bits per heavy atom. The van der Waals surface area contributed by atoms with Gasteiger partial charge in [-0.3, -0.25) is 0 Å². The predicted molar refractivity (Wildman–Crippen MR) is 77.5 cm³/mol. The van der Waals surface area contributed by atoms with Crippen molar-refractivity contribution in [3.63, 3.8) is 0 Å². The van der Waals surface area contributed by atoms with Crippen LogP contribution in [0, 0.1) is 0 Å². The lowest BCUT2D eigenvalue weighted by Gasteiger charge is -2.20. The summed E-state index contributed by atoms with van der Waals surface area (Å²) in [5.41, 5.74) is 1.13. The van der Waals surface area contributed by atoms with Gasteiger partial charge in [-0.1, -0.05) is 18.2 Å². The fourth-order valence-corrected chi connectivity index (χ4v) is 1.83.